The number of hydrogen-bond donors (Lipinski definition) is 2. The Balaban J connectivity index is 2.07. The third-order valence-corrected chi connectivity index (χ3v) is 3.25. The highest BCUT2D eigenvalue weighted by Gasteiger charge is 2.16. The maximum atomic E-state index is 12.0. The van der Waals surface area contributed by atoms with E-state index in [4.69, 9.17) is 14.7 Å². The fourth-order valence-electron chi connectivity index (χ4n) is 2.14. The minimum Gasteiger partial charge on any atom is -0.508 e. The van der Waals surface area contributed by atoms with E-state index in [0.717, 1.165) is 0 Å². The average Bonchev–Trinajstić information content (AvgIpc) is 2.98. The van der Waals surface area contributed by atoms with Gasteiger partial charge in [0.25, 0.3) is 5.89 Å². The smallest absolute Gasteiger partial charge is 0.338 e. The predicted octanol–water partition coefficient (Wildman–Crippen LogP) is 2.64. The van der Waals surface area contributed by atoms with Gasteiger partial charge in [0, 0.05) is 11.3 Å². The van der Waals surface area contributed by atoms with Gasteiger partial charge in [-0.25, -0.2) is 4.79 Å². The molecular weight excluding hydrogens is 326 g/mol. The number of nitrogens with one attached hydrogen (secondary N) is 1. The molecular formula is C17H17N3O5. The summed E-state index contributed by atoms with van der Waals surface area (Å²) >= 11 is 0. The van der Waals surface area contributed by atoms with Gasteiger partial charge in [-0.3, -0.25) is 4.79 Å². The van der Waals surface area contributed by atoms with Gasteiger partial charge in [0.05, 0.1) is 11.1 Å². The number of nitrogens with zero attached hydrogens (tertiary/aromatic N) is 2. The first kappa shape index (κ1) is 18.1. The summed E-state index contributed by atoms with van der Waals surface area (Å²) in [6.45, 7) is 3.80. The molecule has 0 aliphatic heterocycles. The fraction of sp³-hybridized carbons (Fsp3) is 0.235. The van der Waals surface area contributed by atoms with Crippen LogP contribution < -0.4 is 0 Å². The Morgan fingerprint density at radius 2 is 1.88 bits per heavy atom. The minimum absolute atomic E-state index is 0.0970. The number of carbonyl (C=O) groups excluding carboxylic acids is 2. The molecule has 0 radical (unpaired) electrons. The van der Waals surface area contributed by atoms with Crippen LogP contribution in [0.15, 0.2) is 40.1 Å². The Hall–Kier alpha value is -3.29. The zero-order valence-electron chi connectivity index (χ0n) is 14.0. The van der Waals surface area contributed by atoms with E-state index in [1.807, 2.05) is 0 Å². The second kappa shape index (κ2) is 7.52. The molecule has 0 atom stereocenters. The van der Waals surface area contributed by atoms with E-state index in [9.17, 15) is 14.7 Å². The number of allylic oxidation sites excluding steroid dienone is 1. The molecule has 8 nitrogen and oxygen atoms in total. The average molecular weight is 343 g/mol. The number of ketones is 1. The van der Waals surface area contributed by atoms with Crippen LogP contribution in [0.5, 0.6) is 0 Å². The zero-order valence-corrected chi connectivity index (χ0v) is 14.0. The number of carbonyl (C=O) groups is 2. The van der Waals surface area contributed by atoms with Crippen molar-refractivity contribution in [1.82, 2.24) is 10.1 Å². The van der Waals surface area contributed by atoms with Crippen LogP contribution >= 0.6 is 0 Å². The molecule has 1 heterocycles. The first-order valence-electron chi connectivity index (χ1n) is 7.36. The van der Waals surface area contributed by atoms with Crippen molar-refractivity contribution >= 4 is 17.5 Å². The van der Waals surface area contributed by atoms with Crippen LogP contribution in [0.1, 0.15) is 30.0 Å². The monoisotopic (exact) mass is 343 g/mol. The molecule has 2 rings (SSSR count). The molecule has 25 heavy (non-hydrogen) atoms. The summed E-state index contributed by atoms with van der Waals surface area (Å²) < 4.78 is 10.0. The van der Waals surface area contributed by atoms with E-state index in [1.165, 1.54) is 26.0 Å². The van der Waals surface area contributed by atoms with E-state index in [2.05, 4.69) is 10.1 Å². The number of Topliss-reactive ketones (excluding diaryl/α,β-unsaturated/α-hetero) is 1. The summed E-state index contributed by atoms with van der Waals surface area (Å²) in [6.07, 6.45) is 0. The molecule has 1 aromatic heterocycles. The number of hydrogen-bond acceptors (Lipinski definition) is 8. The summed E-state index contributed by atoms with van der Waals surface area (Å²) in [5.74, 6) is -0.758. The van der Waals surface area contributed by atoms with Gasteiger partial charge in [-0.1, -0.05) is 5.16 Å². The first-order valence-corrected chi connectivity index (χ1v) is 7.36. The van der Waals surface area contributed by atoms with E-state index >= 15 is 0 Å². The lowest BCUT2D eigenvalue weighted by molar-refractivity contribution is -0.113. The third-order valence-electron chi connectivity index (χ3n) is 3.25. The van der Waals surface area contributed by atoms with Gasteiger partial charge in [-0.05, 0) is 45.0 Å². The number of aromatic nitrogens is 2. The number of benzene rings is 1. The molecule has 8 heteroatoms. The number of esters is 1. The van der Waals surface area contributed by atoms with Crippen molar-refractivity contribution in [2.45, 2.75) is 20.8 Å². The van der Waals surface area contributed by atoms with Crippen LogP contribution in [0.3, 0.4) is 0 Å². The predicted molar refractivity (Wildman–Crippen MR) is 88.5 cm³/mol. The van der Waals surface area contributed by atoms with Crippen molar-refractivity contribution in [1.29, 1.82) is 5.41 Å². The number of rotatable bonds is 6. The SMILES string of the molecule is CC(=N)/C(C(C)=O)=C(/O)COC(=O)c1ccc(-c2nc(C)no2)cc1. The zero-order chi connectivity index (χ0) is 18.6. The normalized spacial score (nSPS) is 11.6. The molecule has 0 saturated carbocycles. The van der Waals surface area contributed by atoms with Crippen LogP contribution in [0.25, 0.3) is 11.5 Å². The summed E-state index contributed by atoms with van der Waals surface area (Å²) in [5.41, 5.74) is 0.650. The van der Waals surface area contributed by atoms with Gasteiger partial charge in [0.15, 0.2) is 11.6 Å². The molecule has 0 aliphatic rings. The van der Waals surface area contributed by atoms with Crippen molar-refractivity contribution < 1.29 is 24.0 Å². The molecule has 0 spiro atoms. The van der Waals surface area contributed by atoms with Gasteiger partial charge in [-0.15, -0.1) is 0 Å². The summed E-state index contributed by atoms with van der Waals surface area (Å²) in [4.78, 5) is 27.5. The highest BCUT2D eigenvalue weighted by Crippen LogP contribution is 2.18. The third kappa shape index (κ3) is 4.37. The Kier molecular flexibility index (Phi) is 5.43. The van der Waals surface area contributed by atoms with Crippen LogP contribution in [-0.2, 0) is 9.53 Å². The van der Waals surface area contributed by atoms with Crippen LogP contribution in [0.4, 0.5) is 0 Å². The van der Waals surface area contributed by atoms with Gasteiger partial charge >= 0.3 is 5.97 Å². The van der Waals surface area contributed by atoms with Crippen molar-refractivity contribution in [2.24, 2.45) is 0 Å². The molecule has 130 valence electrons. The molecule has 1 aromatic carbocycles. The standard InChI is InChI=1S/C17H17N3O5/c1-9(18)15(10(2)21)14(22)8-24-17(23)13-6-4-12(5-7-13)16-19-11(3)20-25-16/h4-7,18,22H,8H2,1-3H3/b15-14-,18-9?. The van der Waals surface area contributed by atoms with E-state index in [0.29, 0.717) is 17.3 Å². The van der Waals surface area contributed by atoms with E-state index in [1.54, 1.807) is 19.1 Å². The fourth-order valence-corrected chi connectivity index (χ4v) is 2.14. The first-order chi connectivity index (χ1) is 11.8. The highest BCUT2D eigenvalue weighted by atomic mass is 16.5. The van der Waals surface area contributed by atoms with Crippen LogP contribution in [0.2, 0.25) is 0 Å². The van der Waals surface area contributed by atoms with Gasteiger partial charge < -0.3 is 19.8 Å². The highest BCUT2D eigenvalue weighted by molar-refractivity contribution is 6.19. The second-order valence-corrected chi connectivity index (χ2v) is 5.30. The molecule has 0 fully saturated rings. The lowest BCUT2D eigenvalue weighted by Gasteiger charge is -2.08. The second-order valence-electron chi connectivity index (χ2n) is 5.30. The Bertz CT molecular complexity index is 833. The molecule has 0 saturated heterocycles. The van der Waals surface area contributed by atoms with E-state index < -0.39 is 24.1 Å². The number of aliphatic hydroxyl groups is 1. The van der Waals surface area contributed by atoms with Crippen LogP contribution in [-0.4, -0.2) is 39.3 Å². The quantitative estimate of drug-likeness (QED) is 0.357. The molecule has 0 amide bonds. The number of ether oxygens (including phenoxy) is 1. The Morgan fingerprint density at radius 1 is 1.24 bits per heavy atom. The van der Waals surface area contributed by atoms with Gasteiger partial charge in [0.1, 0.15) is 12.4 Å². The molecule has 2 aromatic rings. The summed E-state index contributed by atoms with van der Waals surface area (Å²) in [5, 5.41) is 21.0. The largest absolute Gasteiger partial charge is 0.508 e. The number of aliphatic hydroxyl groups excluding tert-OH is 1. The topological polar surface area (TPSA) is 126 Å². The summed E-state index contributed by atoms with van der Waals surface area (Å²) in [6, 6.07) is 6.29. The van der Waals surface area contributed by atoms with Crippen molar-refractivity contribution in [3.8, 4) is 11.5 Å². The van der Waals surface area contributed by atoms with Crippen molar-refractivity contribution in [2.75, 3.05) is 6.61 Å². The lowest BCUT2D eigenvalue weighted by atomic mass is 10.1. The Labute approximate surface area is 143 Å². The van der Waals surface area contributed by atoms with Crippen molar-refractivity contribution in [3.05, 3.63) is 47.0 Å². The maximum Gasteiger partial charge on any atom is 0.338 e. The summed E-state index contributed by atoms with van der Waals surface area (Å²) in [7, 11) is 0. The van der Waals surface area contributed by atoms with E-state index in [-0.39, 0.29) is 16.8 Å². The maximum absolute atomic E-state index is 12.0. The lowest BCUT2D eigenvalue weighted by Crippen LogP contribution is -2.15. The molecule has 0 unspecified atom stereocenters. The molecule has 0 aliphatic carbocycles. The van der Waals surface area contributed by atoms with Gasteiger partial charge in [0.2, 0.25) is 0 Å². The molecule has 2 N–H and O–H groups in total. The van der Waals surface area contributed by atoms with Crippen LogP contribution in [0, 0.1) is 12.3 Å². The Morgan fingerprint density at radius 3 is 2.36 bits per heavy atom. The van der Waals surface area contributed by atoms with Gasteiger partial charge in [-0.2, -0.15) is 4.98 Å². The van der Waals surface area contributed by atoms with Crippen molar-refractivity contribution in [3.63, 3.8) is 0 Å². The number of aryl methyl sites for hydroxylation is 1. The minimum atomic E-state index is -0.676. The molecule has 0 bridgehead atoms.